The second kappa shape index (κ2) is 10.8. The molecule has 1 N–H and O–H groups in total. The summed E-state index contributed by atoms with van der Waals surface area (Å²) in [6.45, 7) is 7.34. The molecule has 0 radical (unpaired) electrons. The summed E-state index contributed by atoms with van der Waals surface area (Å²) in [5.74, 6) is 3.49. The van der Waals surface area contributed by atoms with Gasteiger partial charge in [-0.15, -0.1) is 0 Å². The molecule has 8 atom stereocenters. The number of carbonyl (C=O) groups is 1. The molecule has 0 aromatic rings. The maximum absolute atomic E-state index is 12.6. The molecule has 42 heavy (non-hydrogen) atoms. The van der Waals surface area contributed by atoms with Crippen LogP contribution in [0.4, 0.5) is 0 Å². The van der Waals surface area contributed by atoms with Gasteiger partial charge in [0.05, 0.1) is 18.8 Å². The molecule has 6 heteroatoms. The standard InChI is InChI=1S/C36H51NO5/c1-22-10-7-11-25(18-22)30(38)27-13-8-12-26-29-23(2)32(33-31(40-4)24(3)34(39)42-33)41-28(29)19-36(21-37(26)27)17-9-16-35(20-36)14-5-6-15-35/h7,11,19,22-23,25-27,29-30,38H,5-6,8-10,12-18,20-21H2,1-4H3/b33-32+/t22-,23-,25-,26-,27-,29+,30-,36-/m0/s1. The number of allylic oxidation sites excluding steroid dienone is 2. The summed E-state index contributed by atoms with van der Waals surface area (Å²) in [6.07, 6.45) is 22.7. The molecule has 7 aliphatic rings. The number of hydrogen-bond donors (Lipinski definition) is 1. The molecular weight excluding hydrogens is 526 g/mol. The minimum atomic E-state index is -0.355. The van der Waals surface area contributed by atoms with Gasteiger partial charge in [0.2, 0.25) is 5.76 Å². The van der Waals surface area contributed by atoms with E-state index < -0.39 is 0 Å². The van der Waals surface area contributed by atoms with Crippen molar-refractivity contribution in [3.63, 3.8) is 0 Å². The minimum absolute atomic E-state index is 0.0396. The molecule has 230 valence electrons. The zero-order valence-electron chi connectivity index (χ0n) is 26.2. The van der Waals surface area contributed by atoms with E-state index in [9.17, 15) is 9.90 Å². The Morgan fingerprint density at radius 1 is 1.07 bits per heavy atom. The number of nitrogens with zero attached hydrogens (tertiary/aromatic N) is 1. The predicted octanol–water partition coefficient (Wildman–Crippen LogP) is 7.16. The van der Waals surface area contributed by atoms with Gasteiger partial charge in [0, 0.05) is 41.8 Å². The lowest BCUT2D eigenvalue weighted by Crippen LogP contribution is -2.58. The average Bonchev–Trinajstić information content (AvgIpc) is 3.60. The summed E-state index contributed by atoms with van der Waals surface area (Å²) < 4.78 is 18.3. The highest BCUT2D eigenvalue weighted by molar-refractivity contribution is 5.93. The van der Waals surface area contributed by atoms with Crippen molar-refractivity contribution >= 4 is 5.97 Å². The Morgan fingerprint density at radius 2 is 1.86 bits per heavy atom. The molecule has 0 unspecified atom stereocenters. The number of hydrogen-bond acceptors (Lipinski definition) is 6. The van der Waals surface area contributed by atoms with Gasteiger partial charge in [-0.25, -0.2) is 4.79 Å². The third kappa shape index (κ3) is 4.70. The topological polar surface area (TPSA) is 68.2 Å². The first kappa shape index (κ1) is 28.7. The number of aliphatic hydroxyl groups is 1. The van der Waals surface area contributed by atoms with Gasteiger partial charge in [-0.1, -0.05) is 51.7 Å². The van der Waals surface area contributed by atoms with E-state index in [0.29, 0.717) is 28.4 Å². The number of ether oxygens (including phenoxy) is 3. The molecule has 2 spiro atoms. The first-order valence-corrected chi connectivity index (χ1v) is 17.0. The lowest BCUT2D eigenvalue weighted by atomic mass is 9.60. The third-order valence-corrected chi connectivity index (χ3v) is 12.4. The number of esters is 1. The molecule has 4 fully saturated rings. The van der Waals surface area contributed by atoms with Gasteiger partial charge in [-0.3, -0.25) is 4.90 Å². The summed E-state index contributed by atoms with van der Waals surface area (Å²) in [4.78, 5) is 15.4. The van der Waals surface area contributed by atoms with E-state index in [-0.39, 0.29) is 47.3 Å². The van der Waals surface area contributed by atoms with Gasteiger partial charge < -0.3 is 19.3 Å². The van der Waals surface area contributed by atoms with Crippen molar-refractivity contribution in [3.05, 3.63) is 46.8 Å². The van der Waals surface area contributed by atoms with Crippen LogP contribution in [-0.2, 0) is 19.0 Å². The van der Waals surface area contributed by atoms with Crippen LogP contribution in [0.15, 0.2) is 46.8 Å². The maximum Gasteiger partial charge on any atom is 0.343 e. The van der Waals surface area contributed by atoms with Gasteiger partial charge in [-0.2, -0.15) is 0 Å². The van der Waals surface area contributed by atoms with Gasteiger partial charge in [0.15, 0.2) is 11.5 Å². The van der Waals surface area contributed by atoms with Crippen LogP contribution in [0.25, 0.3) is 0 Å². The smallest absolute Gasteiger partial charge is 0.343 e. The Bertz CT molecular complexity index is 1220. The SMILES string of the molecule is COC1=C(C)C(=O)O/C1=C1/OC2=C[C@]3(CCCC4(CCCC4)C3)CN3[C@H]([C@@H](O)[C@H]4C=CC[C@H](C)C4)CCC[C@H]3[C@H]2[C@@H]1C. The van der Waals surface area contributed by atoms with E-state index in [2.05, 4.69) is 37.0 Å². The van der Waals surface area contributed by atoms with Crippen molar-refractivity contribution in [2.24, 2.45) is 34.5 Å². The van der Waals surface area contributed by atoms with Gasteiger partial charge in [0.1, 0.15) is 5.76 Å². The first-order chi connectivity index (χ1) is 20.2. The number of fused-ring (bicyclic) bond motifs is 3. The molecule has 0 aromatic carbocycles. The quantitative estimate of drug-likeness (QED) is 0.284. The van der Waals surface area contributed by atoms with E-state index in [1.54, 1.807) is 14.0 Å². The van der Waals surface area contributed by atoms with Gasteiger partial charge in [-0.05, 0) is 82.1 Å². The molecule has 2 saturated heterocycles. The van der Waals surface area contributed by atoms with Crippen LogP contribution >= 0.6 is 0 Å². The zero-order valence-corrected chi connectivity index (χ0v) is 26.2. The highest BCUT2D eigenvalue weighted by Crippen LogP contribution is 2.59. The number of piperidine rings is 1. The van der Waals surface area contributed by atoms with Crippen molar-refractivity contribution in [1.29, 1.82) is 0 Å². The maximum atomic E-state index is 12.6. The predicted molar refractivity (Wildman–Crippen MR) is 162 cm³/mol. The van der Waals surface area contributed by atoms with E-state index in [4.69, 9.17) is 14.2 Å². The fourth-order valence-corrected chi connectivity index (χ4v) is 10.5. The van der Waals surface area contributed by atoms with Crippen LogP contribution in [0.3, 0.4) is 0 Å². The molecule has 2 saturated carbocycles. The van der Waals surface area contributed by atoms with Crippen LogP contribution in [0, 0.1) is 34.5 Å². The van der Waals surface area contributed by atoms with Gasteiger partial charge >= 0.3 is 5.97 Å². The van der Waals surface area contributed by atoms with Crippen molar-refractivity contribution in [1.82, 2.24) is 4.90 Å². The zero-order chi connectivity index (χ0) is 29.2. The van der Waals surface area contributed by atoms with Crippen molar-refractivity contribution in [2.75, 3.05) is 13.7 Å². The lowest BCUT2D eigenvalue weighted by Gasteiger charge is -2.52. The number of methoxy groups -OCH3 is 1. The Morgan fingerprint density at radius 3 is 2.62 bits per heavy atom. The summed E-state index contributed by atoms with van der Waals surface area (Å²) in [6, 6.07) is 0.441. The third-order valence-electron chi connectivity index (χ3n) is 12.4. The highest BCUT2D eigenvalue weighted by atomic mass is 16.6. The number of carbonyl (C=O) groups excluding carboxylic acids is 1. The summed E-state index contributed by atoms with van der Waals surface area (Å²) in [5, 5.41) is 12.1. The Kier molecular flexibility index (Phi) is 7.41. The summed E-state index contributed by atoms with van der Waals surface area (Å²) in [5.41, 5.74) is 0.991. The number of cyclic esters (lactones) is 1. The molecule has 0 amide bonds. The van der Waals surface area contributed by atoms with E-state index in [0.717, 1.165) is 50.2 Å². The van der Waals surface area contributed by atoms with E-state index in [1.807, 2.05) is 0 Å². The highest BCUT2D eigenvalue weighted by Gasteiger charge is 2.56. The normalized spacial score (nSPS) is 42.2. The van der Waals surface area contributed by atoms with Gasteiger partial charge in [0.25, 0.3) is 0 Å². The fourth-order valence-electron chi connectivity index (χ4n) is 10.5. The van der Waals surface area contributed by atoms with Crippen LogP contribution in [0.2, 0.25) is 0 Å². The lowest BCUT2D eigenvalue weighted by molar-refractivity contribution is -0.133. The molecule has 0 bridgehead atoms. The number of aliphatic hydroxyl groups excluding tert-OH is 1. The van der Waals surface area contributed by atoms with Crippen LogP contribution < -0.4 is 0 Å². The second-order valence-electron chi connectivity index (χ2n) is 15.2. The molecule has 3 aliphatic carbocycles. The van der Waals surface area contributed by atoms with E-state index in [1.165, 1.54) is 51.4 Å². The van der Waals surface area contributed by atoms with Crippen molar-refractivity contribution < 1.29 is 24.1 Å². The second-order valence-corrected chi connectivity index (χ2v) is 15.2. The van der Waals surface area contributed by atoms with E-state index >= 15 is 0 Å². The van der Waals surface area contributed by atoms with Crippen molar-refractivity contribution in [2.45, 2.75) is 122 Å². The molecule has 4 heterocycles. The Hall–Kier alpha value is -2.05. The monoisotopic (exact) mass is 577 g/mol. The molecular formula is C36H51NO5. The molecule has 4 aliphatic heterocycles. The minimum Gasteiger partial charge on any atom is -0.492 e. The largest absolute Gasteiger partial charge is 0.492 e. The van der Waals surface area contributed by atoms with Crippen molar-refractivity contribution in [3.8, 4) is 0 Å². The molecule has 6 nitrogen and oxygen atoms in total. The average molecular weight is 578 g/mol. The van der Waals surface area contributed by atoms with Crippen LogP contribution in [-0.4, -0.2) is 47.8 Å². The number of rotatable bonds is 3. The fraction of sp³-hybridized carbons (Fsp3) is 0.750. The first-order valence-electron chi connectivity index (χ1n) is 17.0. The Labute approximate surface area is 252 Å². The van der Waals surface area contributed by atoms with Crippen LogP contribution in [0.5, 0.6) is 0 Å². The summed E-state index contributed by atoms with van der Waals surface area (Å²) in [7, 11) is 1.60. The Balaban J connectivity index is 1.30. The molecule has 0 aromatic heterocycles. The summed E-state index contributed by atoms with van der Waals surface area (Å²) >= 11 is 0. The van der Waals surface area contributed by atoms with Crippen LogP contribution in [0.1, 0.15) is 104 Å². The molecule has 7 rings (SSSR count).